The number of aromatic nitrogens is 2. The van der Waals surface area contributed by atoms with Gasteiger partial charge in [-0.15, -0.1) is 11.3 Å². The minimum Gasteiger partial charge on any atom is -0.355 e. The van der Waals surface area contributed by atoms with Crippen LogP contribution in [-0.2, 0) is 16.1 Å². The van der Waals surface area contributed by atoms with E-state index in [9.17, 15) is 14.4 Å². The van der Waals surface area contributed by atoms with Gasteiger partial charge in [-0.2, -0.15) is 0 Å². The molecule has 1 aliphatic heterocycles. The quantitative estimate of drug-likeness (QED) is 0.595. The summed E-state index contributed by atoms with van der Waals surface area (Å²) in [5, 5.41) is 6.28. The van der Waals surface area contributed by atoms with Gasteiger partial charge >= 0.3 is 0 Å². The molecule has 158 valence electrons. The van der Waals surface area contributed by atoms with Crippen LogP contribution in [0.3, 0.4) is 0 Å². The molecule has 2 N–H and O–H groups in total. The van der Waals surface area contributed by atoms with Gasteiger partial charge in [-0.3, -0.25) is 19.0 Å². The third-order valence-electron chi connectivity index (χ3n) is 5.32. The Labute approximate surface area is 174 Å². The summed E-state index contributed by atoms with van der Waals surface area (Å²) in [6.07, 6.45) is 4.86. The zero-order valence-electron chi connectivity index (χ0n) is 17.1. The summed E-state index contributed by atoms with van der Waals surface area (Å²) in [7, 11) is 0. The molecule has 2 aromatic rings. The maximum Gasteiger partial charge on any atom is 0.262 e. The highest BCUT2D eigenvalue weighted by atomic mass is 32.1. The number of nitrogens with one attached hydrogen (secondary N) is 2. The molecule has 1 saturated heterocycles. The van der Waals surface area contributed by atoms with Crippen molar-refractivity contribution in [2.45, 2.75) is 46.1 Å². The molecule has 0 bridgehead atoms. The first-order chi connectivity index (χ1) is 14.0. The van der Waals surface area contributed by atoms with Crippen molar-refractivity contribution in [1.82, 2.24) is 25.1 Å². The van der Waals surface area contributed by atoms with Gasteiger partial charge in [0.05, 0.1) is 11.7 Å². The number of rotatable bonds is 9. The van der Waals surface area contributed by atoms with Crippen LogP contribution in [0.25, 0.3) is 10.2 Å². The lowest BCUT2D eigenvalue weighted by molar-refractivity contribution is -0.123. The minimum absolute atomic E-state index is 0.00706. The molecule has 0 saturated carbocycles. The number of thiophene rings is 1. The van der Waals surface area contributed by atoms with Crippen LogP contribution in [0.1, 0.15) is 36.1 Å². The molecular weight excluding hydrogens is 390 g/mol. The van der Waals surface area contributed by atoms with Crippen molar-refractivity contribution in [3.63, 3.8) is 0 Å². The van der Waals surface area contributed by atoms with E-state index >= 15 is 0 Å². The lowest BCUT2D eigenvalue weighted by Crippen LogP contribution is -2.35. The Kier molecular flexibility index (Phi) is 7.38. The maximum absolute atomic E-state index is 12.6. The second-order valence-electron chi connectivity index (χ2n) is 7.49. The van der Waals surface area contributed by atoms with Crippen LogP contribution in [0.4, 0.5) is 0 Å². The van der Waals surface area contributed by atoms with E-state index in [0.29, 0.717) is 36.1 Å². The highest BCUT2D eigenvalue weighted by Gasteiger charge is 2.14. The van der Waals surface area contributed by atoms with E-state index in [0.717, 1.165) is 30.1 Å². The number of carbonyl (C=O) groups excluding carboxylic acids is 2. The first-order valence-corrected chi connectivity index (χ1v) is 11.0. The van der Waals surface area contributed by atoms with E-state index in [2.05, 4.69) is 20.5 Å². The molecule has 2 amide bonds. The van der Waals surface area contributed by atoms with Gasteiger partial charge < -0.3 is 15.5 Å². The van der Waals surface area contributed by atoms with Crippen molar-refractivity contribution >= 4 is 33.4 Å². The molecule has 0 radical (unpaired) electrons. The average molecular weight is 420 g/mol. The SMILES string of the molecule is Cc1sc2ncn(CC(=O)NCCCC(=O)NCCN3CCCC3)c(=O)c2c1C. The number of aryl methyl sites for hydroxylation is 2. The second kappa shape index (κ2) is 9.98. The lowest BCUT2D eigenvalue weighted by atomic mass is 10.2. The zero-order chi connectivity index (χ0) is 20.8. The average Bonchev–Trinajstić information content (AvgIpc) is 3.30. The van der Waals surface area contributed by atoms with Crippen LogP contribution >= 0.6 is 11.3 Å². The second-order valence-corrected chi connectivity index (χ2v) is 8.70. The molecule has 8 nitrogen and oxygen atoms in total. The van der Waals surface area contributed by atoms with E-state index in [1.807, 2.05) is 13.8 Å². The summed E-state index contributed by atoms with van der Waals surface area (Å²) in [4.78, 5) is 45.0. The fraction of sp³-hybridized carbons (Fsp3) is 0.600. The minimum atomic E-state index is -0.257. The van der Waals surface area contributed by atoms with Crippen LogP contribution in [0, 0.1) is 13.8 Å². The zero-order valence-corrected chi connectivity index (χ0v) is 17.9. The molecule has 2 aromatic heterocycles. The highest BCUT2D eigenvalue weighted by molar-refractivity contribution is 7.18. The Hall–Kier alpha value is -2.26. The van der Waals surface area contributed by atoms with Crippen molar-refractivity contribution in [1.29, 1.82) is 0 Å². The van der Waals surface area contributed by atoms with E-state index in [-0.39, 0.29) is 23.9 Å². The smallest absolute Gasteiger partial charge is 0.262 e. The molecule has 1 fully saturated rings. The summed E-state index contributed by atoms with van der Waals surface area (Å²) in [6.45, 7) is 8.01. The van der Waals surface area contributed by atoms with Gasteiger partial charge in [-0.1, -0.05) is 0 Å². The molecule has 0 aliphatic carbocycles. The van der Waals surface area contributed by atoms with Gasteiger partial charge in [0.1, 0.15) is 11.4 Å². The van der Waals surface area contributed by atoms with E-state index in [1.54, 1.807) is 0 Å². The summed E-state index contributed by atoms with van der Waals surface area (Å²) >= 11 is 1.49. The largest absolute Gasteiger partial charge is 0.355 e. The first-order valence-electron chi connectivity index (χ1n) is 10.2. The molecule has 0 unspecified atom stereocenters. The number of hydrogen-bond donors (Lipinski definition) is 2. The van der Waals surface area contributed by atoms with Gasteiger partial charge in [0.2, 0.25) is 11.8 Å². The predicted octanol–water partition coefficient (Wildman–Crippen LogP) is 1.18. The van der Waals surface area contributed by atoms with Crippen molar-refractivity contribution in [3.8, 4) is 0 Å². The fourth-order valence-corrected chi connectivity index (χ4v) is 4.51. The van der Waals surface area contributed by atoms with Crippen molar-refractivity contribution in [2.75, 3.05) is 32.7 Å². The summed E-state index contributed by atoms with van der Waals surface area (Å²) < 4.78 is 1.34. The van der Waals surface area contributed by atoms with Gasteiger partial charge in [-0.05, 0) is 51.8 Å². The van der Waals surface area contributed by atoms with Gasteiger partial charge in [0, 0.05) is 30.9 Å². The Morgan fingerprint density at radius 1 is 1.14 bits per heavy atom. The number of amides is 2. The Balaban J connectivity index is 1.37. The van der Waals surface area contributed by atoms with E-state index < -0.39 is 0 Å². The molecule has 0 spiro atoms. The molecule has 29 heavy (non-hydrogen) atoms. The van der Waals surface area contributed by atoms with Crippen LogP contribution in [0.2, 0.25) is 0 Å². The van der Waals surface area contributed by atoms with Gasteiger partial charge in [0.15, 0.2) is 0 Å². The molecule has 1 aliphatic rings. The summed E-state index contributed by atoms with van der Waals surface area (Å²) in [5.41, 5.74) is 0.734. The number of likely N-dealkylation sites (tertiary alicyclic amines) is 1. The molecule has 0 atom stereocenters. The third kappa shape index (κ3) is 5.63. The van der Waals surface area contributed by atoms with Gasteiger partial charge in [-0.25, -0.2) is 4.98 Å². The number of carbonyl (C=O) groups is 2. The molecule has 9 heteroatoms. The lowest BCUT2D eigenvalue weighted by Gasteiger charge is -2.14. The van der Waals surface area contributed by atoms with Crippen LogP contribution < -0.4 is 16.2 Å². The predicted molar refractivity (Wildman–Crippen MR) is 114 cm³/mol. The fourth-order valence-electron chi connectivity index (χ4n) is 3.52. The normalized spacial score (nSPS) is 14.4. The summed E-state index contributed by atoms with van der Waals surface area (Å²) in [6, 6.07) is 0. The van der Waals surface area contributed by atoms with E-state index in [1.165, 1.54) is 35.1 Å². The molecular formula is C20H29N5O3S. The molecule has 3 heterocycles. The Morgan fingerprint density at radius 2 is 1.86 bits per heavy atom. The van der Waals surface area contributed by atoms with Crippen LogP contribution in [0.15, 0.2) is 11.1 Å². The maximum atomic E-state index is 12.6. The van der Waals surface area contributed by atoms with Crippen molar-refractivity contribution < 1.29 is 9.59 Å². The highest BCUT2D eigenvalue weighted by Crippen LogP contribution is 2.25. The van der Waals surface area contributed by atoms with Crippen LogP contribution in [-0.4, -0.2) is 59.0 Å². The Bertz CT molecular complexity index is 930. The number of hydrogen-bond acceptors (Lipinski definition) is 6. The third-order valence-corrected chi connectivity index (χ3v) is 6.44. The molecule has 0 aromatic carbocycles. The standard InChI is InChI=1S/C20H29N5O3S/c1-14-15(2)29-19-18(14)20(28)25(13-23-19)12-17(27)21-7-5-6-16(26)22-8-11-24-9-3-4-10-24/h13H,3-12H2,1-2H3,(H,21,27)(H,22,26). The number of fused-ring (bicyclic) bond motifs is 1. The molecule has 3 rings (SSSR count). The Morgan fingerprint density at radius 3 is 2.62 bits per heavy atom. The topological polar surface area (TPSA) is 96.3 Å². The van der Waals surface area contributed by atoms with Crippen molar-refractivity contribution in [3.05, 3.63) is 27.1 Å². The number of nitrogens with zero attached hydrogens (tertiary/aromatic N) is 3. The summed E-state index contributed by atoms with van der Waals surface area (Å²) in [5.74, 6) is -0.250. The first kappa shape index (κ1) is 21.4. The van der Waals surface area contributed by atoms with Gasteiger partial charge in [0.25, 0.3) is 5.56 Å². The monoisotopic (exact) mass is 419 g/mol. The van der Waals surface area contributed by atoms with Crippen LogP contribution in [0.5, 0.6) is 0 Å². The van der Waals surface area contributed by atoms with E-state index in [4.69, 9.17) is 0 Å². The van der Waals surface area contributed by atoms with Crippen molar-refractivity contribution in [2.24, 2.45) is 0 Å².